The summed E-state index contributed by atoms with van der Waals surface area (Å²) in [6.07, 6.45) is 4.25. The number of piperidine rings is 1. The van der Waals surface area contributed by atoms with Gasteiger partial charge in [-0.1, -0.05) is 12.1 Å². The first kappa shape index (κ1) is 22.1. The maximum absolute atomic E-state index is 12.6. The molecule has 0 radical (unpaired) electrons. The second kappa shape index (κ2) is 10.0. The van der Waals surface area contributed by atoms with Crippen molar-refractivity contribution < 1.29 is 4.79 Å². The number of likely N-dealkylation sites (tertiary alicyclic amines) is 1. The molecule has 1 aromatic heterocycles. The molecule has 3 aliphatic heterocycles. The van der Waals surface area contributed by atoms with Gasteiger partial charge in [-0.2, -0.15) is 4.98 Å². The van der Waals surface area contributed by atoms with Crippen LogP contribution in [0.25, 0.3) is 5.69 Å². The van der Waals surface area contributed by atoms with Crippen molar-refractivity contribution in [3.05, 3.63) is 52.6 Å². The predicted octanol–water partition coefficient (Wildman–Crippen LogP) is 1.10. The molecule has 9 nitrogen and oxygen atoms in total. The van der Waals surface area contributed by atoms with Crippen LogP contribution >= 0.6 is 0 Å². The predicted molar refractivity (Wildman–Crippen MR) is 128 cm³/mol. The van der Waals surface area contributed by atoms with Crippen molar-refractivity contribution in [2.24, 2.45) is 11.8 Å². The van der Waals surface area contributed by atoms with Gasteiger partial charge >= 0.3 is 11.7 Å². The number of amides is 2. The van der Waals surface area contributed by atoms with Crippen LogP contribution < -0.4 is 21.6 Å². The van der Waals surface area contributed by atoms with Gasteiger partial charge in [0.15, 0.2) is 0 Å². The molecule has 3 fully saturated rings. The Hall–Kier alpha value is -2.75. The summed E-state index contributed by atoms with van der Waals surface area (Å²) < 4.78 is 1.50. The summed E-state index contributed by atoms with van der Waals surface area (Å²) in [5.74, 6) is 2.05. The SMILES string of the molecule is O=C(Nc1ccn(-c2ccc(CN3CCC(C4CNC4)CC3)cc2)c(=O)n1)N1CCNCC1. The molecule has 2 amide bonds. The zero-order valence-corrected chi connectivity index (χ0v) is 19.0. The van der Waals surface area contributed by atoms with E-state index in [9.17, 15) is 9.59 Å². The highest BCUT2D eigenvalue weighted by Crippen LogP contribution is 2.28. The fourth-order valence-electron chi connectivity index (χ4n) is 4.97. The van der Waals surface area contributed by atoms with E-state index in [-0.39, 0.29) is 11.8 Å². The molecule has 3 aliphatic rings. The van der Waals surface area contributed by atoms with E-state index >= 15 is 0 Å². The second-order valence-corrected chi connectivity index (χ2v) is 9.33. The molecule has 0 unspecified atom stereocenters. The molecular formula is C24H33N7O2. The monoisotopic (exact) mass is 451 g/mol. The Morgan fingerprint density at radius 2 is 1.70 bits per heavy atom. The van der Waals surface area contributed by atoms with Gasteiger partial charge in [0.2, 0.25) is 0 Å². The van der Waals surface area contributed by atoms with Gasteiger partial charge in [-0.3, -0.25) is 14.8 Å². The van der Waals surface area contributed by atoms with E-state index in [1.165, 1.54) is 36.1 Å². The van der Waals surface area contributed by atoms with E-state index in [1.54, 1.807) is 17.2 Å². The van der Waals surface area contributed by atoms with Gasteiger partial charge in [0, 0.05) is 38.9 Å². The summed E-state index contributed by atoms with van der Waals surface area (Å²) in [4.78, 5) is 33.2. The van der Waals surface area contributed by atoms with Crippen LogP contribution in [0.2, 0.25) is 0 Å². The van der Waals surface area contributed by atoms with Gasteiger partial charge in [-0.25, -0.2) is 9.59 Å². The fourth-order valence-corrected chi connectivity index (χ4v) is 4.97. The average Bonchev–Trinajstić information content (AvgIpc) is 2.81. The van der Waals surface area contributed by atoms with Crippen LogP contribution in [0.1, 0.15) is 18.4 Å². The minimum absolute atomic E-state index is 0.223. The number of carbonyl (C=O) groups excluding carboxylic acids is 1. The Balaban J connectivity index is 1.16. The quantitative estimate of drug-likeness (QED) is 0.630. The topological polar surface area (TPSA) is 94.5 Å². The number of nitrogens with one attached hydrogen (secondary N) is 3. The summed E-state index contributed by atoms with van der Waals surface area (Å²) in [6, 6.07) is 9.54. The number of piperazine rings is 1. The molecule has 33 heavy (non-hydrogen) atoms. The minimum Gasteiger partial charge on any atom is -0.322 e. The number of hydrogen-bond donors (Lipinski definition) is 3. The number of rotatable bonds is 5. The molecule has 5 rings (SSSR count). The van der Waals surface area contributed by atoms with Crippen LogP contribution in [0.4, 0.5) is 10.6 Å². The lowest BCUT2D eigenvalue weighted by Gasteiger charge is -2.40. The van der Waals surface area contributed by atoms with Gasteiger partial charge < -0.3 is 15.5 Å². The fraction of sp³-hybridized carbons (Fsp3) is 0.542. The summed E-state index contributed by atoms with van der Waals surface area (Å²) in [6.45, 7) is 8.49. The third-order valence-corrected chi connectivity index (χ3v) is 7.18. The molecule has 3 N–H and O–H groups in total. The molecular weight excluding hydrogens is 418 g/mol. The van der Waals surface area contributed by atoms with E-state index < -0.39 is 5.69 Å². The van der Waals surface area contributed by atoms with Crippen LogP contribution in [-0.4, -0.2) is 77.7 Å². The largest absolute Gasteiger partial charge is 0.354 e. The van der Waals surface area contributed by atoms with Crippen molar-refractivity contribution in [2.45, 2.75) is 19.4 Å². The number of benzene rings is 1. The first-order valence-corrected chi connectivity index (χ1v) is 12.0. The van der Waals surface area contributed by atoms with E-state index in [0.29, 0.717) is 13.1 Å². The third-order valence-electron chi connectivity index (χ3n) is 7.18. The summed E-state index contributed by atoms with van der Waals surface area (Å²) in [7, 11) is 0. The highest BCUT2D eigenvalue weighted by Gasteiger charge is 2.30. The molecule has 9 heteroatoms. The first-order chi connectivity index (χ1) is 16.2. The Morgan fingerprint density at radius 1 is 0.970 bits per heavy atom. The number of urea groups is 1. The lowest BCUT2D eigenvalue weighted by atomic mass is 9.81. The maximum atomic E-state index is 12.6. The van der Waals surface area contributed by atoms with E-state index in [2.05, 4.69) is 38.0 Å². The Bertz CT molecular complexity index is 1000. The van der Waals surface area contributed by atoms with Crippen molar-refractivity contribution >= 4 is 11.8 Å². The highest BCUT2D eigenvalue weighted by molar-refractivity contribution is 5.88. The third kappa shape index (κ3) is 5.26. The lowest BCUT2D eigenvalue weighted by Crippen LogP contribution is -2.49. The van der Waals surface area contributed by atoms with Crippen molar-refractivity contribution in [1.29, 1.82) is 0 Å². The van der Waals surface area contributed by atoms with Crippen molar-refractivity contribution in [3.63, 3.8) is 0 Å². The highest BCUT2D eigenvalue weighted by atomic mass is 16.2. The van der Waals surface area contributed by atoms with Crippen LogP contribution in [0.15, 0.2) is 41.3 Å². The molecule has 0 aliphatic carbocycles. The Kier molecular flexibility index (Phi) is 6.70. The Morgan fingerprint density at radius 3 is 2.33 bits per heavy atom. The van der Waals surface area contributed by atoms with Crippen LogP contribution in [0.3, 0.4) is 0 Å². The molecule has 0 spiro atoms. The number of anilines is 1. The number of carbonyl (C=O) groups is 1. The van der Waals surface area contributed by atoms with Gasteiger partial charge in [0.05, 0.1) is 5.69 Å². The summed E-state index contributed by atoms with van der Waals surface area (Å²) >= 11 is 0. The molecule has 0 saturated carbocycles. The second-order valence-electron chi connectivity index (χ2n) is 9.33. The minimum atomic E-state index is -0.409. The van der Waals surface area contributed by atoms with E-state index in [4.69, 9.17) is 0 Å². The van der Waals surface area contributed by atoms with Crippen molar-refractivity contribution in [1.82, 2.24) is 30.0 Å². The van der Waals surface area contributed by atoms with Crippen molar-refractivity contribution in [3.8, 4) is 5.69 Å². The molecule has 176 valence electrons. The average molecular weight is 452 g/mol. The van der Waals surface area contributed by atoms with Gasteiger partial charge in [0.1, 0.15) is 5.82 Å². The van der Waals surface area contributed by atoms with Crippen LogP contribution in [0, 0.1) is 11.8 Å². The van der Waals surface area contributed by atoms with Crippen molar-refractivity contribution in [2.75, 3.05) is 57.7 Å². The maximum Gasteiger partial charge on any atom is 0.354 e. The molecule has 3 saturated heterocycles. The standard InChI is InChI=1S/C24H33N7O2/c32-23(30-13-8-25-9-14-30)27-22-7-12-31(24(33)28-22)21-3-1-18(2-4-21)17-29-10-5-19(6-11-29)20-15-26-16-20/h1-4,7,12,19-20,25-26H,5-6,8-11,13-17H2,(H,27,28,32,33). The lowest BCUT2D eigenvalue weighted by molar-refractivity contribution is 0.116. The zero-order valence-electron chi connectivity index (χ0n) is 19.0. The molecule has 0 atom stereocenters. The number of aromatic nitrogens is 2. The normalized spacial score (nSPS) is 20.4. The molecule has 0 bridgehead atoms. The van der Waals surface area contributed by atoms with Crippen LogP contribution in [-0.2, 0) is 6.54 Å². The smallest absolute Gasteiger partial charge is 0.322 e. The van der Waals surface area contributed by atoms with E-state index in [1.807, 2.05) is 12.1 Å². The molecule has 2 aromatic rings. The van der Waals surface area contributed by atoms with Gasteiger partial charge in [0.25, 0.3) is 0 Å². The van der Waals surface area contributed by atoms with Crippen LogP contribution in [0.5, 0.6) is 0 Å². The Labute approximate surface area is 194 Å². The summed E-state index contributed by atoms with van der Waals surface area (Å²) in [5.41, 5.74) is 1.62. The number of hydrogen-bond acceptors (Lipinski definition) is 6. The zero-order chi connectivity index (χ0) is 22.6. The van der Waals surface area contributed by atoms with E-state index in [0.717, 1.165) is 50.2 Å². The molecule has 4 heterocycles. The molecule has 1 aromatic carbocycles. The van der Waals surface area contributed by atoms with Gasteiger partial charge in [-0.05, 0) is 74.6 Å². The first-order valence-electron chi connectivity index (χ1n) is 12.0. The number of nitrogens with zero attached hydrogens (tertiary/aromatic N) is 4. The summed E-state index contributed by atoms with van der Waals surface area (Å²) in [5, 5.41) is 9.33. The van der Waals surface area contributed by atoms with Gasteiger partial charge in [-0.15, -0.1) is 0 Å².